The van der Waals surface area contributed by atoms with Crippen molar-refractivity contribution in [3.63, 3.8) is 0 Å². The van der Waals surface area contributed by atoms with Gasteiger partial charge in [0.1, 0.15) is 11.9 Å². The number of aromatic nitrogens is 2. The lowest BCUT2D eigenvalue weighted by Crippen LogP contribution is -2.62. The Morgan fingerprint density at radius 3 is 2.52 bits per heavy atom. The number of hydrogen-bond donors (Lipinski definition) is 1. The van der Waals surface area contributed by atoms with E-state index in [2.05, 4.69) is 52.9 Å². The van der Waals surface area contributed by atoms with Crippen molar-refractivity contribution in [1.82, 2.24) is 15.1 Å². The number of halogens is 1. The molecule has 0 aliphatic carbocycles. The molecular weight excluding hydrogens is 529 g/mol. The molecule has 42 heavy (non-hydrogen) atoms. The minimum absolute atomic E-state index is 0.0576. The van der Waals surface area contributed by atoms with E-state index in [1.54, 1.807) is 12.3 Å². The van der Waals surface area contributed by atoms with Crippen LogP contribution in [0.2, 0.25) is 0 Å². The maximum Gasteiger partial charge on any atom is 0.254 e. The number of piperazine rings is 1. The third-order valence-corrected chi connectivity index (χ3v) is 9.26. The lowest BCUT2D eigenvalue weighted by atomic mass is 9.83. The number of nitrogens with zero attached hydrogens (tertiary/aromatic N) is 6. The van der Waals surface area contributed by atoms with E-state index in [1.165, 1.54) is 23.3 Å². The number of hydrogen-bond acceptors (Lipinski definition) is 7. The number of piperidine rings is 1. The van der Waals surface area contributed by atoms with Crippen LogP contribution in [0.1, 0.15) is 57.9 Å². The third kappa shape index (κ3) is 5.68. The quantitative estimate of drug-likeness (QED) is 0.465. The average Bonchev–Trinajstić information content (AvgIpc) is 2.99. The van der Waals surface area contributed by atoms with E-state index in [9.17, 15) is 14.4 Å². The van der Waals surface area contributed by atoms with Crippen molar-refractivity contribution < 1.29 is 9.18 Å². The lowest BCUT2D eigenvalue weighted by molar-refractivity contribution is 0.0627. The van der Waals surface area contributed by atoms with Gasteiger partial charge in [-0.25, -0.2) is 4.39 Å². The predicted molar refractivity (Wildman–Crippen MR) is 163 cm³/mol. The molecule has 0 bridgehead atoms. The van der Waals surface area contributed by atoms with Crippen molar-refractivity contribution in [2.24, 2.45) is 11.7 Å². The third-order valence-electron chi connectivity index (χ3n) is 9.26. The van der Waals surface area contributed by atoms with Crippen molar-refractivity contribution in [1.29, 1.82) is 5.26 Å². The number of nitrogens with two attached hydrogens (primary N) is 1. The van der Waals surface area contributed by atoms with Gasteiger partial charge in [-0.3, -0.25) is 4.79 Å². The summed E-state index contributed by atoms with van der Waals surface area (Å²) in [5.74, 6) is 0.921. The van der Waals surface area contributed by atoms with Crippen LogP contribution in [-0.2, 0) is 6.42 Å². The van der Waals surface area contributed by atoms with Gasteiger partial charge in [0.15, 0.2) is 5.82 Å². The second kappa shape index (κ2) is 12.5. The molecule has 9 heteroatoms. The first-order valence-corrected chi connectivity index (χ1v) is 14.8. The van der Waals surface area contributed by atoms with Gasteiger partial charge < -0.3 is 20.4 Å². The van der Waals surface area contributed by atoms with Crippen LogP contribution in [0.3, 0.4) is 0 Å². The Kier molecular flexibility index (Phi) is 8.74. The van der Waals surface area contributed by atoms with Crippen LogP contribution in [0.25, 0.3) is 0 Å². The Morgan fingerprint density at radius 1 is 1.10 bits per heavy atom. The largest absolute Gasteiger partial charge is 0.370 e. The zero-order valence-electron chi connectivity index (χ0n) is 25.0. The van der Waals surface area contributed by atoms with Gasteiger partial charge in [-0.2, -0.15) is 10.4 Å². The highest BCUT2D eigenvalue weighted by Gasteiger charge is 2.37. The highest BCUT2D eigenvalue weighted by molar-refractivity contribution is 5.98. The van der Waals surface area contributed by atoms with Gasteiger partial charge in [-0.1, -0.05) is 6.07 Å². The van der Waals surface area contributed by atoms with Crippen molar-refractivity contribution in [3.05, 3.63) is 81.8 Å². The highest BCUT2D eigenvalue weighted by Crippen LogP contribution is 2.33. The number of nitriles is 1. The van der Waals surface area contributed by atoms with Crippen molar-refractivity contribution in [3.8, 4) is 6.07 Å². The normalized spacial score (nSPS) is 19.6. The topological polar surface area (TPSA) is 102 Å². The summed E-state index contributed by atoms with van der Waals surface area (Å²) in [6.07, 6.45) is 4.50. The van der Waals surface area contributed by atoms with E-state index in [4.69, 9.17) is 5.73 Å². The summed E-state index contributed by atoms with van der Waals surface area (Å²) in [7, 11) is 0. The summed E-state index contributed by atoms with van der Waals surface area (Å²) in [4.78, 5) is 20.5. The molecule has 2 saturated heterocycles. The molecule has 2 atom stereocenters. The minimum atomic E-state index is -0.388. The minimum Gasteiger partial charge on any atom is -0.370 e. The van der Waals surface area contributed by atoms with Crippen LogP contribution in [0.15, 0.2) is 42.6 Å². The van der Waals surface area contributed by atoms with Crippen LogP contribution in [-0.4, -0.2) is 65.8 Å². The van der Waals surface area contributed by atoms with Crippen LogP contribution in [0.5, 0.6) is 0 Å². The van der Waals surface area contributed by atoms with Gasteiger partial charge in [-0.05, 0) is 105 Å². The number of benzene rings is 2. The Bertz CT molecular complexity index is 1480. The number of rotatable bonds is 6. The average molecular weight is 570 g/mol. The summed E-state index contributed by atoms with van der Waals surface area (Å²) in [6.45, 7) is 11.6. The molecule has 5 rings (SSSR count). The second-order valence-electron chi connectivity index (χ2n) is 11.7. The van der Waals surface area contributed by atoms with Gasteiger partial charge in [-0.15, -0.1) is 5.10 Å². The molecule has 0 unspecified atom stereocenters. The summed E-state index contributed by atoms with van der Waals surface area (Å²) in [5, 5.41) is 17.8. The molecule has 2 N–H and O–H groups in total. The fourth-order valence-electron chi connectivity index (χ4n) is 6.95. The van der Waals surface area contributed by atoms with Crippen LogP contribution >= 0.6 is 0 Å². The van der Waals surface area contributed by atoms with E-state index in [1.807, 2.05) is 24.0 Å². The number of amides is 1. The van der Waals surface area contributed by atoms with Gasteiger partial charge in [0.25, 0.3) is 5.91 Å². The van der Waals surface area contributed by atoms with Crippen molar-refractivity contribution >= 4 is 17.4 Å². The number of aryl methyl sites for hydroxylation is 2. The molecule has 1 aromatic heterocycles. The molecule has 2 fully saturated rings. The fourth-order valence-corrected chi connectivity index (χ4v) is 6.95. The van der Waals surface area contributed by atoms with Crippen molar-refractivity contribution in [2.75, 3.05) is 42.5 Å². The molecule has 3 aromatic rings. The molecule has 0 spiro atoms. The maximum atomic E-state index is 14.2. The maximum absolute atomic E-state index is 14.2. The van der Waals surface area contributed by atoms with Gasteiger partial charge in [0.05, 0.1) is 23.3 Å². The summed E-state index contributed by atoms with van der Waals surface area (Å²) >= 11 is 0. The standard InChI is InChI=1S/C33H40FN7O/c1-21-16-22(2)32(33(42)40-14-15-41(30(20-36)24(40)4)31-6-5-11-37-38-31)23(3)28(21)17-25-9-12-39(13-10-25)29-8-7-27(34)18-26(29)19-35/h5-8,11,16,18,24-25,30H,9-10,12-15,17,20,36H2,1-4H3/t24-,30+/m0/s1. The molecule has 2 aliphatic heterocycles. The van der Waals surface area contributed by atoms with E-state index < -0.39 is 0 Å². The second-order valence-corrected chi connectivity index (χ2v) is 11.7. The SMILES string of the molecule is Cc1cc(C)c(C(=O)N2CCN(c3cccnn3)[C@H](CN)[C@@H]2C)c(C)c1CC1CCN(c2ccc(F)cc2C#N)CC1. The molecule has 3 heterocycles. The van der Waals surface area contributed by atoms with Crippen LogP contribution in [0.4, 0.5) is 15.9 Å². The van der Waals surface area contributed by atoms with Crippen molar-refractivity contribution in [2.45, 2.75) is 59.0 Å². The van der Waals surface area contributed by atoms with Crippen LogP contribution in [0, 0.1) is 43.8 Å². The number of carbonyl (C=O) groups excluding carboxylic acids is 1. The lowest BCUT2D eigenvalue weighted by Gasteiger charge is -2.46. The van der Waals surface area contributed by atoms with E-state index in [0.717, 1.165) is 60.5 Å². The first kappa shape index (κ1) is 29.5. The molecule has 8 nitrogen and oxygen atoms in total. The Labute approximate surface area is 247 Å². The monoisotopic (exact) mass is 569 g/mol. The first-order chi connectivity index (χ1) is 20.2. The van der Waals surface area contributed by atoms with Gasteiger partial charge in [0, 0.05) is 44.5 Å². The molecule has 2 aromatic carbocycles. The molecule has 0 radical (unpaired) electrons. The van der Waals surface area contributed by atoms with Gasteiger partial charge in [0.2, 0.25) is 0 Å². The molecule has 220 valence electrons. The Balaban J connectivity index is 1.32. The smallest absolute Gasteiger partial charge is 0.254 e. The van der Waals surface area contributed by atoms with E-state index in [-0.39, 0.29) is 23.8 Å². The van der Waals surface area contributed by atoms with Crippen LogP contribution < -0.4 is 15.5 Å². The number of carbonyl (C=O) groups is 1. The zero-order chi connectivity index (χ0) is 30.0. The van der Waals surface area contributed by atoms with E-state index >= 15 is 0 Å². The fraction of sp³-hybridized carbons (Fsp3) is 0.455. The summed E-state index contributed by atoms with van der Waals surface area (Å²) < 4.78 is 13.7. The molecular formula is C33H40FN7O. The summed E-state index contributed by atoms with van der Waals surface area (Å²) in [6, 6.07) is 12.4. The highest BCUT2D eigenvalue weighted by atomic mass is 19.1. The Hall–Kier alpha value is -4.03. The predicted octanol–water partition coefficient (Wildman–Crippen LogP) is 4.55. The van der Waals surface area contributed by atoms with Gasteiger partial charge >= 0.3 is 0 Å². The zero-order valence-corrected chi connectivity index (χ0v) is 25.0. The molecule has 1 amide bonds. The Morgan fingerprint density at radius 2 is 1.86 bits per heavy atom. The first-order valence-electron chi connectivity index (χ1n) is 14.8. The molecule has 2 aliphatic rings. The molecule has 0 saturated carbocycles. The summed E-state index contributed by atoms with van der Waals surface area (Å²) in [5.41, 5.74) is 12.8. The van der Waals surface area contributed by atoms with E-state index in [0.29, 0.717) is 31.1 Å². The number of anilines is 2.